The predicted octanol–water partition coefficient (Wildman–Crippen LogP) is 3.36. The molecular weight excluding hydrogens is 312 g/mol. The number of para-hydroxylation sites is 2. The molecule has 0 spiro atoms. The molecule has 0 bridgehead atoms. The van der Waals surface area contributed by atoms with Crippen LogP contribution in [0.3, 0.4) is 0 Å². The lowest BCUT2D eigenvalue weighted by Crippen LogP contribution is -2.40. The summed E-state index contributed by atoms with van der Waals surface area (Å²) in [5.74, 6) is 0.351. The minimum absolute atomic E-state index is 0.161. The Morgan fingerprint density at radius 2 is 1.83 bits per heavy atom. The Bertz CT molecular complexity index is 634. The van der Waals surface area contributed by atoms with Gasteiger partial charge in [0.25, 0.3) is 5.91 Å². The van der Waals surface area contributed by atoms with Crippen LogP contribution in [0.5, 0.6) is 5.75 Å². The number of benzene rings is 2. The summed E-state index contributed by atoms with van der Waals surface area (Å²) in [6.07, 6.45) is -0.600. The zero-order valence-electron chi connectivity index (χ0n) is 13.3. The number of nitrogens with one attached hydrogen (secondary N) is 1. The lowest BCUT2D eigenvalue weighted by Gasteiger charge is -2.20. The van der Waals surface area contributed by atoms with Crippen LogP contribution in [0.2, 0.25) is 5.02 Å². The lowest BCUT2D eigenvalue weighted by atomic mass is 10.3. The summed E-state index contributed by atoms with van der Waals surface area (Å²) in [4.78, 5) is 14.2. The van der Waals surface area contributed by atoms with E-state index in [0.29, 0.717) is 23.9 Å². The number of nitrogens with zero attached hydrogens (tertiary/aromatic N) is 1. The van der Waals surface area contributed by atoms with Crippen molar-refractivity contribution < 1.29 is 9.53 Å². The van der Waals surface area contributed by atoms with Crippen LogP contribution in [0.25, 0.3) is 0 Å². The number of hydrogen-bond acceptors (Lipinski definition) is 3. The van der Waals surface area contributed by atoms with Gasteiger partial charge in [-0.3, -0.25) is 4.79 Å². The van der Waals surface area contributed by atoms with Gasteiger partial charge in [0.05, 0.1) is 5.02 Å². The second-order valence-electron chi connectivity index (χ2n) is 5.24. The topological polar surface area (TPSA) is 41.6 Å². The number of ether oxygens (including phenoxy) is 1. The molecule has 122 valence electrons. The fourth-order valence-corrected chi connectivity index (χ4v) is 2.27. The molecule has 4 nitrogen and oxygen atoms in total. The number of anilines is 1. The van der Waals surface area contributed by atoms with Crippen molar-refractivity contribution in [3.8, 4) is 5.75 Å². The number of rotatable bonds is 7. The van der Waals surface area contributed by atoms with Crippen molar-refractivity contribution in [3.05, 3.63) is 59.6 Å². The van der Waals surface area contributed by atoms with Crippen LogP contribution in [0.1, 0.15) is 6.92 Å². The van der Waals surface area contributed by atoms with E-state index in [4.69, 9.17) is 16.3 Å². The third-order valence-corrected chi connectivity index (χ3v) is 3.77. The standard InChI is InChI=1S/C18H21ClN2O2/c1-14(23-17-11-7-6-10-16(17)19)18(22)20-12-13-21(2)15-8-4-3-5-9-15/h3-11,14H,12-13H2,1-2H3,(H,20,22). The zero-order valence-corrected chi connectivity index (χ0v) is 14.1. The Kier molecular flexibility index (Phi) is 6.29. The van der Waals surface area contributed by atoms with Crippen molar-refractivity contribution in [1.82, 2.24) is 5.32 Å². The third kappa shape index (κ3) is 5.18. The number of carbonyl (C=O) groups is 1. The Morgan fingerprint density at radius 3 is 2.52 bits per heavy atom. The summed E-state index contributed by atoms with van der Waals surface area (Å²) in [7, 11) is 1.99. The first-order valence-corrected chi connectivity index (χ1v) is 7.91. The average molecular weight is 333 g/mol. The van der Waals surface area contributed by atoms with Crippen LogP contribution in [0.15, 0.2) is 54.6 Å². The van der Waals surface area contributed by atoms with Gasteiger partial charge in [0.2, 0.25) is 0 Å². The van der Waals surface area contributed by atoms with Gasteiger partial charge in [-0.1, -0.05) is 41.9 Å². The molecular formula is C18H21ClN2O2. The molecule has 23 heavy (non-hydrogen) atoms. The molecule has 0 heterocycles. The summed E-state index contributed by atoms with van der Waals surface area (Å²) in [6, 6.07) is 17.1. The monoisotopic (exact) mass is 332 g/mol. The van der Waals surface area contributed by atoms with Crippen molar-refractivity contribution in [3.63, 3.8) is 0 Å². The fraction of sp³-hybridized carbons (Fsp3) is 0.278. The van der Waals surface area contributed by atoms with Crippen molar-refractivity contribution >= 4 is 23.2 Å². The smallest absolute Gasteiger partial charge is 0.260 e. The normalized spacial score (nSPS) is 11.6. The van der Waals surface area contributed by atoms with Gasteiger partial charge in [-0.05, 0) is 31.2 Å². The zero-order chi connectivity index (χ0) is 16.7. The summed E-state index contributed by atoms with van der Waals surface area (Å²) in [5.41, 5.74) is 1.11. The second-order valence-corrected chi connectivity index (χ2v) is 5.65. The fourth-order valence-electron chi connectivity index (χ4n) is 2.09. The molecule has 2 aromatic carbocycles. The molecule has 5 heteroatoms. The van der Waals surface area contributed by atoms with E-state index in [9.17, 15) is 4.79 Å². The van der Waals surface area contributed by atoms with Crippen molar-refractivity contribution in [2.75, 3.05) is 25.0 Å². The molecule has 0 aliphatic carbocycles. The molecule has 1 atom stereocenters. The molecule has 0 fully saturated rings. The van der Waals surface area contributed by atoms with Crippen LogP contribution in [0, 0.1) is 0 Å². The van der Waals surface area contributed by atoms with E-state index in [1.807, 2.05) is 49.5 Å². The van der Waals surface area contributed by atoms with Gasteiger partial charge < -0.3 is 15.0 Å². The van der Waals surface area contributed by atoms with Gasteiger partial charge in [-0.2, -0.15) is 0 Å². The van der Waals surface area contributed by atoms with E-state index in [-0.39, 0.29) is 5.91 Å². The molecule has 0 aliphatic heterocycles. The SMILES string of the molecule is CC(Oc1ccccc1Cl)C(=O)NCCN(C)c1ccccc1. The highest BCUT2D eigenvalue weighted by Crippen LogP contribution is 2.24. The summed E-state index contributed by atoms with van der Waals surface area (Å²) in [5, 5.41) is 3.37. The Hall–Kier alpha value is -2.20. The third-order valence-electron chi connectivity index (χ3n) is 3.45. The van der Waals surface area contributed by atoms with Gasteiger partial charge >= 0.3 is 0 Å². The number of hydrogen-bond donors (Lipinski definition) is 1. The van der Waals surface area contributed by atoms with E-state index in [1.54, 1.807) is 19.1 Å². The molecule has 1 unspecified atom stereocenters. The summed E-state index contributed by atoms with van der Waals surface area (Å²) >= 11 is 6.02. The van der Waals surface area contributed by atoms with Crippen LogP contribution in [-0.4, -0.2) is 32.1 Å². The van der Waals surface area contributed by atoms with E-state index in [0.717, 1.165) is 5.69 Å². The lowest BCUT2D eigenvalue weighted by molar-refractivity contribution is -0.127. The first-order valence-electron chi connectivity index (χ1n) is 7.53. The second kappa shape index (κ2) is 8.44. The van der Waals surface area contributed by atoms with E-state index in [1.165, 1.54) is 0 Å². The van der Waals surface area contributed by atoms with Gasteiger partial charge in [0, 0.05) is 25.8 Å². The van der Waals surface area contributed by atoms with Crippen LogP contribution < -0.4 is 15.0 Å². The number of amides is 1. The van der Waals surface area contributed by atoms with Crippen molar-refractivity contribution in [2.24, 2.45) is 0 Å². The quantitative estimate of drug-likeness (QED) is 0.845. The first-order chi connectivity index (χ1) is 11.1. The molecule has 2 rings (SSSR count). The van der Waals surface area contributed by atoms with Gasteiger partial charge in [0.1, 0.15) is 5.75 Å². The minimum Gasteiger partial charge on any atom is -0.479 e. The Morgan fingerprint density at radius 1 is 1.17 bits per heavy atom. The maximum absolute atomic E-state index is 12.1. The van der Waals surface area contributed by atoms with Gasteiger partial charge in [-0.25, -0.2) is 0 Å². The highest BCUT2D eigenvalue weighted by Gasteiger charge is 2.15. The molecule has 0 saturated carbocycles. The Balaban J connectivity index is 1.77. The van der Waals surface area contributed by atoms with Crippen molar-refractivity contribution in [2.45, 2.75) is 13.0 Å². The summed E-state index contributed by atoms with van der Waals surface area (Å²) in [6.45, 7) is 2.97. The first kappa shape index (κ1) is 17.2. The van der Waals surface area contributed by atoms with Crippen molar-refractivity contribution in [1.29, 1.82) is 0 Å². The maximum atomic E-state index is 12.1. The number of halogens is 1. The highest BCUT2D eigenvalue weighted by atomic mass is 35.5. The predicted molar refractivity (Wildman–Crippen MR) is 94.3 cm³/mol. The van der Waals surface area contributed by atoms with Crippen LogP contribution in [0.4, 0.5) is 5.69 Å². The average Bonchev–Trinajstić information content (AvgIpc) is 2.57. The molecule has 2 aromatic rings. The molecule has 0 radical (unpaired) electrons. The molecule has 0 aromatic heterocycles. The Labute approximate surface area is 142 Å². The van der Waals surface area contributed by atoms with E-state index < -0.39 is 6.10 Å². The number of likely N-dealkylation sites (N-methyl/N-ethyl adjacent to an activating group) is 1. The summed E-state index contributed by atoms with van der Waals surface area (Å²) < 4.78 is 5.59. The van der Waals surface area contributed by atoms with Gasteiger partial charge in [-0.15, -0.1) is 0 Å². The largest absolute Gasteiger partial charge is 0.479 e. The molecule has 1 N–H and O–H groups in total. The van der Waals surface area contributed by atoms with Crippen LogP contribution in [-0.2, 0) is 4.79 Å². The van der Waals surface area contributed by atoms with Gasteiger partial charge in [0.15, 0.2) is 6.10 Å². The number of carbonyl (C=O) groups excluding carboxylic acids is 1. The molecule has 1 amide bonds. The van der Waals surface area contributed by atoms with E-state index in [2.05, 4.69) is 10.2 Å². The molecule has 0 aliphatic rings. The highest BCUT2D eigenvalue weighted by molar-refractivity contribution is 6.32. The van der Waals surface area contributed by atoms with Crippen LogP contribution >= 0.6 is 11.6 Å². The minimum atomic E-state index is -0.600. The van der Waals surface area contributed by atoms with E-state index >= 15 is 0 Å². The molecule has 0 saturated heterocycles. The maximum Gasteiger partial charge on any atom is 0.260 e.